The van der Waals surface area contributed by atoms with E-state index >= 15 is 0 Å². The first-order chi connectivity index (χ1) is 15.7. The van der Waals surface area contributed by atoms with E-state index in [4.69, 9.17) is 14.6 Å². The molecule has 1 aliphatic carbocycles. The standard InChI is InChI=1S/C22H23FN4O2.C2H4O2/c1-12-6-7-17(23)15(8-12)16-9-20-19(10-18(16)24-14-4-3-5-14)27-13(2)22(28)26-25-21(27)11-29-20;1-2(3)4/h6-10,13-14,24H,3-5,11H2,1-2H3,(H,26,28);1H3,(H,3,4). The first-order valence-electron chi connectivity index (χ1n) is 10.9. The zero-order chi connectivity index (χ0) is 23.7. The lowest BCUT2D eigenvalue weighted by atomic mass is 9.91. The number of anilines is 2. The number of carbonyl (C=O) groups excluding carboxylic acids is 1. The van der Waals surface area contributed by atoms with Crippen LogP contribution in [0.2, 0.25) is 0 Å². The summed E-state index contributed by atoms with van der Waals surface area (Å²) in [6.07, 6.45) is 3.39. The van der Waals surface area contributed by atoms with E-state index < -0.39 is 12.0 Å². The Kier molecular flexibility index (Phi) is 6.22. The van der Waals surface area contributed by atoms with Gasteiger partial charge in [-0.3, -0.25) is 9.59 Å². The number of rotatable bonds is 3. The molecule has 0 bridgehead atoms. The molecule has 2 aliphatic heterocycles. The Labute approximate surface area is 191 Å². The van der Waals surface area contributed by atoms with Crippen molar-refractivity contribution in [2.24, 2.45) is 5.10 Å². The second-order valence-electron chi connectivity index (χ2n) is 8.48. The Morgan fingerprint density at radius 1 is 1.27 bits per heavy atom. The van der Waals surface area contributed by atoms with E-state index in [1.165, 1.54) is 12.5 Å². The van der Waals surface area contributed by atoms with Crippen molar-refractivity contribution in [3.63, 3.8) is 0 Å². The van der Waals surface area contributed by atoms with Crippen LogP contribution in [0, 0.1) is 12.7 Å². The summed E-state index contributed by atoms with van der Waals surface area (Å²) in [4.78, 5) is 23.1. The van der Waals surface area contributed by atoms with E-state index in [-0.39, 0.29) is 18.3 Å². The van der Waals surface area contributed by atoms with E-state index in [1.54, 1.807) is 6.07 Å². The van der Waals surface area contributed by atoms with Crippen molar-refractivity contribution >= 4 is 29.1 Å². The third-order valence-electron chi connectivity index (χ3n) is 5.93. The first kappa shape index (κ1) is 22.6. The molecule has 1 atom stereocenters. The molecule has 1 fully saturated rings. The summed E-state index contributed by atoms with van der Waals surface area (Å²) in [5.41, 5.74) is 6.47. The molecule has 1 unspecified atom stereocenters. The molecule has 2 aromatic rings. The van der Waals surface area contributed by atoms with E-state index in [2.05, 4.69) is 15.8 Å². The fourth-order valence-electron chi connectivity index (χ4n) is 4.03. The molecule has 5 rings (SSSR count). The number of aliphatic carboxylic acids is 1. The number of hydrazone groups is 1. The van der Waals surface area contributed by atoms with E-state index in [0.717, 1.165) is 42.3 Å². The van der Waals surface area contributed by atoms with Gasteiger partial charge in [-0.2, -0.15) is 5.10 Å². The summed E-state index contributed by atoms with van der Waals surface area (Å²) >= 11 is 0. The number of fused-ring (bicyclic) bond motifs is 3. The monoisotopic (exact) mass is 454 g/mol. The van der Waals surface area contributed by atoms with E-state index in [1.807, 2.05) is 36.9 Å². The molecule has 33 heavy (non-hydrogen) atoms. The Balaban J connectivity index is 0.000000601. The molecule has 2 aromatic carbocycles. The minimum absolute atomic E-state index is 0.163. The lowest BCUT2D eigenvalue weighted by Gasteiger charge is -2.39. The maximum Gasteiger partial charge on any atom is 0.300 e. The van der Waals surface area contributed by atoms with Crippen molar-refractivity contribution in [2.75, 3.05) is 16.8 Å². The van der Waals surface area contributed by atoms with Crippen molar-refractivity contribution in [1.82, 2.24) is 5.43 Å². The van der Waals surface area contributed by atoms with Gasteiger partial charge in [0.05, 0.1) is 5.69 Å². The van der Waals surface area contributed by atoms with Gasteiger partial charge in [-0.05, 0) is 57.4 Å². The van der Waals surface area contributed by atoms with Gasteiger partial charge in [0, 0.05) is 29.8 Å². The summed E-state index contributed by atoms with van der Waals surface area (Å²) in [5.74, 6) is 0.0224. The molecular formula is C24H27FN4O4. The number of amidine groups is 1. The number of ether oxygens (including phenoxy) is 1. The van der Waals surface area contributed by atoms with Crippen molar-refractivity contribution in [1.29, 1.82) is 0 Å². The molecule has 1 saturated carbocycles. The number of aryl methyl sites for hydroxylation is 1. The molecule has 3 N–H and O–H groups in total. The lowest BCUT2D eigenvalue weighted by Crippen LogP contribution is -2.55. The topological polar surface area (TPSA) is 103 Å². The van der Waals surface area contributed by atoms with Gasteiger partial charge in [-0.1, -0.05) is 11.6 Å². The largest absolute Gasteiger partial charge is 0.483 e. The molecule has 174 valence electrons. The van der Waals surface area contributed by atoms with Gasteiger partial charge >= 0.3 is 0 Å². The zero-order valence-electron chi connectivity index (χ0n) is 18.8. The highest BCUT2D eigenvalue weighted by molar-refractivity contribution is 6.10. The summed E-state index contributed by atoms with van der Waals surface area (Å²) in [7, 11) is 0. The van der Waals surface area contributed by atoms with Crippen LogP contribution in [-0.4, -0.2) is 41.5 Å². The van der Waals surface area contributed by atoms with Crippen molar-refractivity contribution < 1.29 is 23.8 Å². The molecule has 0 spiro atoms. The van der Waals surface area contributed by atoms with E-state index in [9.17, 15) is 9.18 Å². The average molecular weight is 455 g/mol. The lowest BCUT2D eigenvalue weighted by molar-refractivity contribution is -0.134. The Morgan fingerprint density at radius 2 is 2.00 bits per heavy atom. The highest BCUT2D eigenvalue weighted by Gasteiger charge is 2.36. The minimum Gasteiger partial charge on any atom is -0.483 e. The predicted octanol–water partition coefficient (Wildman–Crippen LogP) is 3.89. The molecule has 1 amide bonds. The van der Waals surface area contributed by atoms with Crippen LogP contribution in [0.4, 0.5) is 15.8 Å². The minimum atomic E-state index is -0.833. The van der Waals surface area contributed by atoms with Crippen molar-refractivity contribution in [3.05, 3.63) is 41.7 Å². The van der Waals surface area contributed by atoms with Gasteiger partial charge in [-0.15, -0.1) is 0 Å². The second kappa shape index (κ2) is 9.09. The third-order valence-corrected chi connectivity index (χ3v) is 5.93. The number of carboxylic acid groups (broad SMARTS) is 1. The molecule has 3 aliphatic rings. The summed E-state index contributed by atoms with van der Waals surface area (Å²) in [6.45, 7) is 5.13. The number of amides is 1. The number of nitrogens with zero attached hydrogens (tertiary/aromatic N) is 2. The molecule has 9 heteroatoms. The molecular weight excluding hydrogens is 427 g/mol. The second-order valence-corrected chi connectivity index (χ2v) is 8.48. The van der Waals surface area contributed by atoms with Crippen LogP contribution in [0.5, 0.6) is 5.75 Å². The summed E-state index contributed by atoms with van der Waals surface area (Å²) in [6, 6.07) is 8.94. The van der Waals surface area contributed by atoms with Gasteiger partial charge in [0.1, 0.15) is 24.2 Å². The van der Waals surface area contributed by atoms with Crippen LogP contribution in [-0.2, 0) is 9.59 Å². The average Bonchev–Trinajstić information content (AvgIpc) is 2.74. The zero-order valence-corrected chi connectivity index (χ0v) is 18.8. The van der Waals surface area contributed by atoms with Crippen molar-refractivity contribution in [2.45, 2.75) is 52.1 Å². The van der Waals surface area contributed by atoms with Crippen molar-refractivity contribution in [3.8, 4) is 16.9 Å². The number of benzene rings is 2. The normalized spacial score (nSPS) is 18.9. The number of hydrogen-bond acceptors (Lipinski definition) is 6. The maximum atomic E-state index is 14.7. The molecule has 0 saturated heterocycles. The van der Waals surface area contributed by atoms with Gasteiger partial charge < -0.3 is 20.1 Å². The van der Waals surface area contributed by atoms with Crippen LogP contribution in [0.25, 0.3) is 11.1 Å². The van der Waals surface area contributed by atoms with Gasteiger partial charge in [0.25, 0.3) is 11.9 Å². The predicted molar refractivity (Wildman–Crippen MR) is 124 cm³/mol. The summed E-state index contributed by atoms with van der Waals surface area (Å²) in [5, 5.41) is 15.1. The van der Waals surface area contributed by atoms with Gasteiger partial charge in [0.15, 0.2) is 5.84 Å². The van der Waals surface area contributed by atoms with Gasteiger partial charge in [0.2, 0.25) is 0 Å². The molecule has 0 radical (unpaired) electrons. The fraction of sp³-hybridized carbons (Fsp3) is 0.375. The number of nitrogens with one attached hydrogen (secondary N) is 2. The highest BCUT2D eigenvalue weighted by atomic mass is 19.1. The van der Waals surface area contributed by atoms with Crippen LogP contribution in [0.1, 0.15) is 38.7 Å². The van der Waals surface area contributed by atoms with Crippen LogP contribution in [0.15, 0.2) is 35.4 Å². The maximum absolute atomic E-state index is 14.7. The van der Waals surface area contributed by atoms with Crippen LogP contribution >= 0.6 is 0 Å². The molecule has 2 heterocycles. The number of carbonyl (C=O) groups is 2. The van der Waals surface area contributed by atoms with Crippen LogP contribution < -0.4 is 20.4 Å². The number of hydrogen-bond donors (Lipinski definition) is 3. The van der Waals surface area contributed by atoms with Crippen LogP contribution in [0.3, 0.4) is 0 Å². The quantitative estimate of drug-likeness (QED) is 0.650. The Bertz CT molecular complexity index is 1130. The first-order valence-corrected chi connectivity index (χ1v) is 10.9. The SMILES string of the molecule is CC(=O)O.Cc1ccc(F)c(-c2cc3c(cc2NC2CCC2)N2C(=NNC(=O)C2C)CO3)c1. The summed E-state index contributed by atoms with van der Waals surface area (Å²) < 4.78 is 20.7. The molecule has 8 nitrogen and oxygen atoms in total. The third kappa shape index (κ3) is 4.62. The number of halogens is 1. The Morgan fingerprint density at radius 3 is 2.67 bits per heavy atom. The smallest absolute Gasteiger partial charge is 0.300 e. The van der Waals surface area contributed by atoms with Gasteiger partial charge in [-0.25, -0.2) is 9.82 Å². The highest BCUT2D eigenvalue weighted by Crippen LogP contribution is 2.44. The Hall–Kier alpha value is -3.62. The molecule has 0 aromatic heterocycles. The number of carboxylic acids is 1. The fourth-order valence-corrected chi connectivity index (χ4v) is 4.03. The van der Waals surface area contributed by atoms with E-state index in [0.29, 0.717) is 23.2 Å².